The van der Waals surface area contributed by atoms with Crippen LogP contribution in [0, 0.1) is 12.7 Å². The molecule has 3 heterocycles. The van der Waals surface area contributed by atoms with Crippen molar-refractivity contribution in [2.75, 3.05) is 36.0 Å². The van der Waals surface area contributed by atoms with Crippen LogP contribution in [0.2, 0.25) is 0 Å². The van der Waals surface area contributed by atoms with Gasteiger partial charge < -0.3 is 9.80 Å². The van der Waals surface area contributed by atoms with Gasteiger partial charge in [-0.2, -0.15) is 0 Å². The van der Waals surface area contributed by atoms with Crippen LogP contribution >= 0.6 is 11.3 Å². The summed E-state index contributed by atoms with van der Waals surface area (Å²) in [6.07, 6.45) is 1.30. The molecule has 5 rings (SSSR count). The first kappa shape index (κ1) is 19.2. The molecule has 5 nitrogen and oxygen atoms in total. The smallest absolute Gasteiger partial charge is 0.225 e. The van der Waals surface area contributed by atoms with Gasteiger partial charge >= 0.3 is 0 Å². The van der Waals surface area contributed by atoms with Crippen LogP contribution in [0.1, 0.15) is 39.0 Å². The predicted octanol–water partition coefficient (Wildman–Crippen LogP) is 4.22. The molecule has 1 fully saturated rings. The van der Waals surface area contributed by atoms with E-state index in [0.717, 1.165) is 30.9 Å². The summed E-state index contributed by atoms with van der Waals surface area (Å²) in [5, 5.41) is 2.06. The van der Waals surface area contributed by atoms with Gasteiger partial charge in [-0.3, -0.25) is 4.79 Å². The van der Waals surface area contributed by atoms with E-state index in [-0.39, 0.29) is 17.5 Å². The summed E-state index contributed by atoms with van der Waals surface area (Å²) in [5.74, 6) is 0.831. The molecule has 3 aromatic rings. The van der Waals surface area contributed by atoms with Crippen molar-refractivity contribution in [1.29, 1.82) is 0 Å². The molecule has 0 spiro atoms. The standard InChI is InChI=1S/C23H23FN4OS/c1-15-22-18(13-16(14-20(22)29)21-7-4-12-30-21)26-23(25-15)28-10-8-27(9-11-28)19-6-3-2-5-17(19)24/h2-7,12,16H,8-11,13-14H2,1H3/t16-/m1/s1. The van der Waals surface area contributed by atoms with Gasteiger partial charge in [0.25, 0.3) is 0 Å². The Labute approximate surface area is 179 Å². The highest BCUT2D eigenvalue weighted by molar-refractivity contribution is 7.10. The van der Waals surface area contributed by atoms with Crippen molar-refractivity contribution in [3.63, 3.8) is 0 Å². The number of aromatic nitrogens is 2. The summed E-state index contributed by atoms with van der Waals surface area (Å²) >= 11 is 1.70. The van der Waals surface area contributed by atoms with E-state index < -0.39 is 0 Å². The number of hydrogen-bond acceptors (Lipinski definition) is 6. The van der Waals surface area contributed by atoms with Gasteiger partial charge in [0.05, 0.1) is 22.6 Å². The second-order valence-electron chi connectivity index (χ2n) is 7.90. The van der Waals surface area contributed by atoms with Gasteiger partial charge in [-0.15, -0.1) is 11.3 Å². The van der Waals surface area contributed by atoms with Crippen LogP contribution in [0.25, 0.3) is 0 Å². The zero-order valence-corrected chi connectivity index (χ0v) is 17.7. The van der Waals surface area contributed by atoms with Gasteiger partial charge in [-0.1, -0.05) is 18.2 Å². The van der Waals surface area contributed by atoms with Crippen LogP contribution in [-0.4, -0.2) is 41.9 Å². The van der Waals surface area contributed by atoms with Crippen LogP contribution < -0.4 is 9.80 Å². The molecule has 2 aromatic heterocycles. The van der Waals surface area contributed by atoms with E-state index in [2.05, 4.69) is 26.2 Å². The predicted molar refractivity (Wildman–Crippen MR) is 117 cm³/mol. The first-order chi connectivity index (χ1) is 14.6. The van der Waals surface area contributed by atoms with E-state index >= 15 is 0 Å². The zero-order chi connectivity index (χ0) is 20.7. The number of para-hydroxylation sites is 1. The average Bonchev–Trinajstić information content (AvgIpc) is 3.29. The van der Waals surface area contributed by atoms with Crippen molar-refractivity contribution in [3.8, 4) is 0 Å². The number of thiophene rings is 1. The molecule has 30 heavy (non-hydrogen) atoms. The maximum absolute atomic E-state index is 14.1. The molecular formula is C23H23FN4OS. The first-order valence-electron chi connectivity index (χ1n) is 10.3. The summed E-state index contributed by atoms with van der Waals surface area (Å²) in [7, 11) is 0. The van der Waals surface area contributed by atoms with Gasteiger partial charge in [0.2, 0.25) is 5.95 Å². The highest BCUT2D eigenvalue weighted by Crippen LogP contribution is 2.35. The lowest BCUT2D eigenvalue weighted by Crippen LogP contribution is -2.47. The lowest BCUT2D eigenvalue weighted by Gasteiger charge is -2.36. The zero-order valence-electron chi connectivity index (χ0n) is 16.8. The van der Waals surface area contributed by atoms with Gasteiger partial charge in [0.15, 0.2) is 5.78 Å². The van der Waals surface area contributed by atoms with E-state index in [0.29, 0.717) is 36.7 Å². The molecule has 0 N–H and O–H groups in total. The third-order valence-corrected chi connectivity index (χ3v) is 7.04. The molecule has 154 valence electrons. The number of halogens is 1. The molecule has 0 radical (unpaired) electrons. The van der Waals surface area contributed by atoms with Crippen LogP contribution in [-0.2, 0) is 6.42 Å². The number of nitrogens with zero attached hydrogens (tertiary/aromatic N) is 4. The average molecular weight is 423 g/mol. The lowest BCUT2D eigenvalue weighted by molar-refractivity contribution is 0.0962. The number of carbonyl (C=O) groups is 1. The fourth-order valence-corrected chi connectivity index (χ4v) is 5.31. The van der Waals surface area contributed by atoms with Crippen molar-refractivity contribution in [3.05, 3.63) is 69.4 Å². The summed E-state index contributed by atoms with van der Waals surface area (Å²) in [6.45, 7) is 4.75. The maximum Gasteiger partial charge on any atom is 0.225 e. The molecule has 0 amide bonds. The molecular weight excluding hydrogens is 399 g/mol. The lowest BCUT2D eigenvalue weighted by atomic mass is 9.84. The topological polar surface area (TPSA) is 49.3 Å². The van der Waals surface area contributed by atoms with E-state index in [1.165, 1.54) is 10.9 Å². The fraction of sp³-hybridized carbons (Fsp3) is 0.348. The van der Waals surface area contributed by atoms with Crippen LogP contribution in [0.15, 0.2) is 41.8 Å². The second-order valence-corrected chi connectivity index (χ2v) is 8.88. The van der Waals surface area contributed by atoms with Crippen molar-refractivity contribution in [2.45, 2.75) is 25.7 Å². The molecule has 1 aliphatic carbocycles. The highest BCUT2D eigenvalue weighted by Gasteiger charge is 2.31. The fourth-order valence-electron chi connectivity index (χ4n) is 4.48. The minimum absolute atomic E-state index is 0.142. The Bertz CT molecular complexity index is 1080. The van der Waals surface area contributed by atoms with E-state index in [1.807, 2.05) is 25.1 Å². The second kappa shape index (κ2) is 7.80. The number of ketones is 1. The minimum atomic E-state index is -0.190. The molecule has 0 saturated carbocycles. The quantitative estimate of drug-likeness (QED) is 0.632. The van der Waals surface area contributed by atoms with Crippen LogP contribution in [0.3, 0.4) is 0 Å². The van der Waals surface area contributed by atoms with E-state index in [9.17, 15) is 9.18 Å². The Hall–Kier alpha value is -2.80. The number of fused-ring (bicyclic) bond motifs is 1. The summed E-state index contributed by atoms with van der Waals surface area (Å²) in [4.78, 5) is 27.7. The summed E-state index contributed by atoms with van der Waals surface area (Å²) < 4.78 is 14.1. The van der Waals surface area contributed by atoms with Gasteiger partial charge in [0.1, 0.15) is 5.82 Å². The van der Waals surface area contributed by atoms with Crippen molar-refractivity contribution in [1.82, 2.24) is 9.97 Å². The Morgan fingerprint density at radius 1 is 1.00 bits per heavy atom. The highest BCUT2D eigenvalue weighted by atomic mass is 32.1. The molecule has 0 bridgehead atoms. The Morgan fingerprint density at radius 2 is 1.77 bits per heavy atom. The number of hydrogen-bond donors (Lipinski definition) is 0. The third-order valence-electron chi connectivity index (χ3n) is 6.00. The molecule has 1 saturated heterocycles. The molecule has 1 atom stereocenters. The Balaban J connectivity index is 1.37. The van der Waals surface area contributed by atoms with Crippen molar-refractivity contribution >= 4 is 28.8 Å². The SMILES string of the molecule is Cc1nc(N2CCN(c3ccccc3F)CC2)nc2c1C(=O)C[C@H](c1cccs1)C2. The number of benzene rings is 1. The summed E-state index contributed by atoms with van der Waals surface area (Å²) in [6, 6.07) is 11.0. The molecule has 1 aliphatic heterocycles. The van der Waals surface area contributed by atoms with Crippen LogP contribution in [0.5, 0.6) is 0 Å². The monoisotopic (exact) mass is 422 g/mol. The number of aryl methyl sites for hydroxylation is 1. The Morgan fingerprint density at radius 3 is 2.50 bits per heavy atom. The van der Waals surface area contributed by atoms with Crippen molar-refractivity contribution in [2.24, 2.45) is 0 Å². The largest absolute Gasteiger partial charge is 0.366 e. The third kappa shape index (κ3) is 3.47. The van der Waals surface area contributed by atoms with Gasteiger partial charge in [-0.25, -0.2) is 14.4 Å². The van der Waals surface area contributed by atoms with Gasteiger partial charge in [-0.05, 0) is 36.9 Å². The first-order valence-corrected chi connectivity index (χ1v) is 11.2. The molecule has 2 aliphatic rings. The molecule has 0 unspecified atom stereocenters. The number of Topliss-reactive ketones (excluding diaryl/α,β-unsaturated/α-hetero) is 1. The normalized spacial score (nSPS) is 19.1. The number of carbonyl (C=O) groups excluding carboxylic acids is 1. The Kier molecular flexibility index (Phi) is 4.98. The summed E-state index contributed by atoms with van der Waals surface area (Å²) in [5.41, 5.74) is 2.98. The van der Waals surface area contributed by atoms with E-state index in [4.69, 9.17) is 4.98 Å². The number of piperazine rings is 1. The molecule has 7 heteroatoms. The minimum Gasteiger partial charge on any atom is -0.366 e. The molecule has 1 aromatic carbocycles. The van der Waals surface area contributed by atoms with Crippen LogP contribution in [0.4, 0.5) is 16.0 Å². The van der Waals surface area contributed by atoms with Crippen molar-refractivity contribution < 1.29 is 9.18 Å². The number of rotatable bonds is 3. The van der Waals surface area contributed by atoms with Gasteiger partial charge in [0, 0.05) is 43.4 Å². The maximum atomic E-state index is 14.1. The number of anilines is 2. The van der Waals surface area contributed by atoms with E-state index in [1.54, 1.807) is 17.4 Å².